The maximum atomic E-state index is 12.8. The molecule has 148 valence electrons. The van der Waals surface area contributed by atoms with Gasteiger partial charge < -0.3 is 15.2 Å². The van der Waals surface area contributed by atoms with Crippen molar-refractivity contribution in [3.8, 4) is 0 Å². The summed E-state index contributed by atoms with van der Waals surface area (Å²) >= 11 is 7.78. The van der Waals surface area contributed by atoms with Gasteiger partial charge in [0.2, 0.25) is 11.9 Å². The van der Waals surface area contributed by atoms with Gasteiger partial charge in [-0.15, -0.1) is 11.3 Å². The highest BCUT2D eigenvalue weighted by Crippen LogP contribution is 2.27. The van der Waals surface area contributed by atoms with Crippen LogP contribution in [0.5, 0.6) is 0 Å². The second kappa shape index (κ2) is 8.53. The van der Waals surface area contributed by atoms with Crippen LogP contribution < -0.4 is 10.2 Å². The van der Waals surface area contributed by atoms with E-state index in [0.717, 1.165) is 55.8 Å². The monoisotopic (exact) mass is 416 g/mol. The number of hydrogen-bond acceptors (Lipinski definition) is 4. The molecule has 1 saturated heterocycles. The largest absolute Gasteiger partial charge is 0.348 e. The maximum absolute atomic E-state index is 12.8. The average molecular weight is 417 g/mol. The summed E-state index contributed by atoms with van der Waals surface area (Å²) in [5, 5.41) is 6.06. The first-order valence-electron chi connectivity index (χ1n) is 9.88. The predicted molar refractivity (Wildman–Crippen MR) is 116 cm³/mol. The van der Waals surface area contributed by atoms with Gasteiger partial charge in [-0.25, -0.2) is 4.98 Å². The molecule has 2 aromatic heterocycles. The smallest absolute Gasteiger partial charge is 0.223 e. The summed E-state index contributed by atoms with van der Waals surface area (Å²) in [7, 11) is 0. The SMILES string of the molecule is CCC[C@@H](NC(=O)C1CCN(c2nc3ccc(Cl)cc3[nH]2)CC1)c1cccs1. The quantitative estimate of drug-likeness (QED) is 0.584. The van der Waals surface area contributed by atoms with Crippen LogP contribution in [-0.2, 0) is 4.79 Å². The number of halogens is 1. The van der Waals surface area contributed by atoms with Crippen LogP contribution in [0.3, 0.4) is 0 Å². The van der Waals surface area contributed by atoms with E-state index in [1.807, 2.05) is 24.3 Å². The normalized spacial score (nSPS) is 16.4. The maximum Gasteiger partial charge on any atom is 0.223 e. The van der Waals surface area contributed by atoms with Crippen molar-refractivity contribution in [2.75, 3.05) is 18.0 Å². The predicted octanol–water partition coefficient (Wildman–Crippen LogP) is 5.15. The highest BCUT2D eigenvalue weighted by molar-refractivity contribution is 7.10. The molecule has 2 N–H and O–H groups in total. The Kier molecular flexibility index (Phi) is 5.87. The molecule has 1 aromatic carbocycles. The Morgan fingerprint density at radius 3 is 2.93 bits per heavy atom. The third-order valence-corrected chi connectivity index (χ3v) is 6.60. The molecular weight excluding hydrogens is 392 g/mol. The number of hydrogen-bond donors (Lipinski definition) is 2. The van der Waals surface area contributed by atoms with Gasteiger partial charge in [0.25, 0.3) is 0 Å². The number of carbonyl (C=O) groups is 1. The van der Waals surface area contributed by atoms with Crippen molar-refractivity contribution in [1.29, 1.82) is 0 Å². The minimum absolute atomic E-state index is 0.0643. The van der Waals surface area contributed by atoms with E-state index in [0.29, 0.717) is 5.02 Å². The van der Waals surface area contributed by atoms with E-state index in [2.05, 4.69) is 38.6 Å². The number of nitrogens with one attached hydrogen (secondary N) is 2. The van der Waals surface area contributed by atoms with E-state index >= 15 is 0 Å². The zero-order valence-corrected chi connectivity index (χ0v) is 17.5. The molecule has 0 spiro atoms. The molecule has 1 atom stereocenters. The molecule has 28 heavy (non-hydrogen) atoms. The molecule has 0 unspecified atom stereocenters. The third kappa shape index (κ3) is 4.18. The van der Waals surface area contributed by atoms with E-state index < -0.39 is 0 Å². The second-order valence-electron chi connectivity index (χ2n) is 7.35. The summed E-state index contributed by atoms with van der Waals surface area (Å²) < 4.78 is 0. The number of aromatic nitrogens is 2. The summed E-state index contributed by atoms with van der Waals surface area (Å²) in [4.78, 5) is 24.3. The number of aromatic amines is 1. The number of H-pyrrole nitrogens is 1. The number of benzene rings is 1. The van der Waals surface area contributed by atoms with Gasteiger partial charge in [-0.2, -0.15) is 0 Å². The van der Waals surface area contributed by atoms with E-state index in [4.69, 9.17) is 11.6 Å². The van der Waals surface area contributed by atoms with Gasteiger partial charge in [0.15, 0.2) is 0 Å². The summed E-state index contributed by atoms with van der Waals surface area (Å²) in [6.07, 6.45) is 3.71. The molecule has 1 aliphatic rings. The van der Waals surface area contributed by atoms with Crippen LogP contribution in [0.25, 0.3) is 11.0 Å². The molecule has 0 radical (unpaired) electrons. The average Bonchev–Trinajstić information content (AvgIpc) is 3.37. The van der Waals surface area contributed by atoms with Crippen molar-refractivity contribution < 1.29 is 4.79 Å². The lowest BCUT2D eigenvalue weighted by molar-refractivity contribution is -0.126. The second-order valence-corrected chi connectivity index (χ2v) is 8.76. The minimum Gasteiger partial charge on any atom is -0.348 e. The molecule has 3 heterocycles. The standard InChI is InChI=1S/C21H25ClN4OS/c1-2-4-17(19-5-3-12-28-19)23-20(27)14-8-10-26(11-9-14)21-24-16-7-6-15(22)13-18(16)25-21/h3,5-7,12-14,17H,2,4,8-11H2,1H3,(H,23,27)(H,24,25)/t17-/m1/s1. The molecule has 3 aromatic rings. The Labute approximate surface area is 174 Å². The fraction of sp³-hybridized carbons (Fsp3) is 0.429. The Balaban J connectivity index is 1.36. The van der Waals surface area contributed by atoms with Gasteiger partial charge in [0, 0.05) is 28.9 Å². The number of piperidine rings is 1. The lowest BCUT2D eigenvalue weighted by Gasteiger charge is -2.32. The van der Waals surface area contributed by atoms with E-state index in [9.17, 15) is 4.79 Å². The number of nitrogens with zero attached hydrogens (tertiary/aromatic N) is 2. The first kappa shape index (κ1) is 19.3. The van der Waals surface area contributed by atoms with Crippen LogP contribution in [0, 0.1) is 5.92 Å². The van der Waals surface area contributed by atoms with E-state index in [-0.39, 0.29) is 17.9 Å². The van der Waals surface area contributed by atoms with E-state index in [1.54, 1.807) is 11.3 Å². The zero-order valence-electron chi connectivity index (χ0n) is 16.0. The molecule has 1 amide bonds. The van der Waals surface area contributed by atoms with Crippen LogP contribution in [0.4, 0.5) is 5.95 Å². The molecule has 5 nitrogen and oxygen atoms in total. The van der Waals surface area contributed by atoms with Gasteiger partial charge >= 0.3 is 0 Å². The van der Waals surface area contributed by atoms with Gasteiger partial charge in [-0.05, 0) is 48.9 Å². The molecule has 7 heteroatoms. The number of imidazole rings is 1. The van der Waals surface area contributed by atoms with Gasteiger partial charge in [0.05, 0.1) is 17.1 Å². The number of rotatable bonds is 6. The van der Waals surface area contributed by atoms with Crippen molar-refractivity contribution in [2.24, 2.45) is 5.92 Å². The lowest BCUT2D eigenvalue weighted by atomic mass is 9.95. The number of carbonyl (C=O) groups excluding carboxylic acids is 1. The first-order chi connectivity index (χ1) is 13.6. The van der Waals surface area contributed by atoms with Crippen LogP contribution in [0.15, 0.2) is 35.7 Å². The summed E-state index contributed by atoms with van der Waals surface area (Å²) in [5.74, 6) is 1.11. The van der Waals surface area contributed by atoms with Gasteiger partial charge in [-0.1, -0.05) is 31.0 Å². The first-order valence-corrected chi connectivity index (χ1v) is 11.1. The molecule has 1 fully saturated rings. The number of thiophene rings is 1. The van der Waals surface area contributed by atoms with Crippen molar-refractivity contribution in [3.63, 3.8) is 0 Å². The summed E-state index contributed by atoms with van der Waals surface area (Å²) in [5.41, 5.74) is 1.86. The van der Waals surface area contributed by atoms with Gasteiger partial charge in [0.1, 0.15) is 0 Å². The Bertz CT molecular complexity index is 931. The number of amides is 1. The number of anilines is 1. The Hall–Kier alpha value is -2.05. The van der Waals surface area contributed by atoms with Crippen molar-refractivity contribution in [1.82, 2.24) is 15.3 Å². The van der Waals surface area contributed by atoms with Crippen molar-refractivity contribution >= 4 is 45.8 Å². The topological polar surface area (TPSA) is 61.0 Å². The molecule has 1 aliphatic heterocycles. The fourth-order valence-electron chi connectivity index (χ4n) is 3.82. The molecule has 0 bridgehead atoms. The van der Waals surface area contributed by atoms with Gasteiger partial charge in [-0.3, -0.25) is 4.79 Å². The van der Waals surface area contributed by atoms with Crippen molar-refractivity contribution in [2.45, 2.75) is 38.6 Å². The molecular formula is C21H25ClN4OS. The van der Waals surface area contributed by atoms with Crippen LogP contribution in [-0.4, -0.2) is 29.0 Å². The summed E-state index contributed by atoms with van der Waals surface area (Å²) in [6, 6.07) is 9.97. The fourth-order valence-corrected chi connectivity index (χ4v) is 4.81. The summed E-state index contributed by atoms with van der Waals surface area (Å²) in [6.45, 7) is 3.80. The van der Waals surface area contributed by atoms with Crippen molar-refractivity contribution in [3.05, 3.63) is 45.6 Å². The Morgan fingerprint density at radius 2 is 2.21 bits per heavy atom. The van der Waals surface area contributed by atoms with Crippen LogP contribution in [0.2, 0.25) is 5.02 Å². The lowest BCUT2D eigenvalue weighted by Crippen LogP contribution is -2.41. The third-order valence-electron chi connectivity index (χ3n) is 5.38. The van der Waals surface area contributed by atoms with Crippen LogP contribution >= 0.6 is 22.9 Å². The highest BCUT2D eigenvalue weighted by atomic mass is 35.5. The highest BCUT2D eigenvalue weighted by Gasteiger charge is 2.28. The van der Waals surface area contributed by atoms with Crippen LogP contribution in [0.1, 0.15) is 43.5 Å². The van der Waals surface area contributed by atoms with E-state index in [1.165, 1.54) is 4.88 Å². The zero-order chi connectivity index (χ0) is 19.5. The number of fused-ring (bicyclic) bond motifs is 1. The molecule has 0 aliphatic carbocycles. The Morgan fingerprint density at radius 1 is 1.39 bits per heavy atom. The minimum atomic E-state index is 0.0643. The molecule has 0 saturated carbocycles. The molecule has 4 rings (SSSR count).